The number of esters is 2. The van der Waals surface area contributed by atoms with Crippen LogP contribution in [0.15, 0.2) is 35.9 Å². The minimum Gasteiger partial charge on any atom is -0.469 e. The Morgan fingerprint density at radius 1 is 1.16 bits per heavy atom. The predicted octanol–water partition coefficient (Wildman–Crippen LogP) is 2.44. The summed E-state index contributed by atoms with van der Waals surface area (Å²) < 4.78 is 9.40. The van der Waals surface area contributed by atoms with Crippen molar-refractivity contribution in [1.29, 1.82) is 0 Å². The van der Waals surface area contributed by atoms with Crippen molar-refractivity contribution < 1.29 is 19.1 Å². The van der Waals surface area contributed by atoms with Crippen LogP contribution in [-0.2, 0) is 19.1 Å². The second kappa shape index (κ2) is 7.36. The summed E-state index contributed by atoms with van der Waals surface area (Å²) >= 11 is 0. The van der Waals surface area contributed by atoms with Crippen molar-refractivity contribution in [3.63, 3.8) is 0 Å². The lowest BCUT2D eigenvalue weighted by Crippen LogP contribution is -2.16. The number of hydrogen-bond acceptors (Lipinski definition) is 4. The summed E-state index contributed by atoms with van der Waals surface area (Å²) in [5.74, 6) is -1.17. The van der Waals surface area contributed by atoms with Gasteiger partial charge in [0.25, 0.3) is 0 Å². The van der Waals surface area contributed by atoms with Gasteiger partial charge in [-0.2, -0.15) is 0 Å². The van der Waals surface area contributed by atoms with Crippen molar-refractivity contribution in [2.24, 2.45) is 5.92 Å². The number of benzene rings is 1. The first-order valence-electron chi connectivity index (χ1n) is 6.00. The molecule has 1 rings (SSSR count). The van der Waals surface area contributed by atoms with Crippen LogP contribution in [0.3, 0.4) is 0 Å². The number of carbonyl (C=O) groups is 2. The maximum Gasteiger partial charge on any atom is 0.333 e. The normalized spacial score (nSPS) is 12.7. The Morgan fingerprint density at radius 3 is 2.32 bits per heavy atom. The van der Waals surface area contributed by atoms with E-state index in [1.54, 1.807) is 13.0 Å². The number of hydrogen-bond donors (Lipinski definition) is 0. The summed E-state index contributed by atoms with van der Waals surface area (Å²) in [6, 6.07) is 9.42. The fourth-order valence-electron chi connectivity index (χ4n) is 1.70. The van der Waals surface area contributed by atoms with Crippen LogP contribution in [0.5, 0.6) is 0 Å². The molecule has 0 N–H and O–H groups in total. The Kier molecular flexibility index (Phi) is 5.79. The van der Waals surface area contributed by atoms with Gasteiger partial charge in [-0.05, 0) is 18.1 Å². The number of methoxy groups -OCH3 is 2. The van der Waals surface area contributed by atoms with E-state index >= 15 is 0 Å². The molecular weight excluding hydrogens is 244 g/mol. The zero-order valence-corrected chi connectivity index (χ0v) is 11.4. The molecule has 1 aromatic carbocycles. The molecule has 4 heteroatoms. The summed E-state index contributed by atoms with van der Waals surface area (Å²) in [5, 5.41) is 0. The first kappa shape index (κ1) is 15.0. The fraction of sp³-hybridized carbons (Fsp3) is 0.333. The summed E-state index contributed by atoms with van der Waals surface area (Å²) in [6.07, 6.45) is 2.01. The zero-order valence-electron chi connectivity index (χ0n) is 11.4. The Bertz CT molecular complexity index is 462. The molecule has 102 valence electrons. The average Bonchev–Trinajstić information content (AvgIpc) is 2.45. The minimum atomic E-state index is -0.431. The van der Waals surface area contributed by atoms with Crippen molar-refractivity contribution in [3.8, 4) is 0 Å². The molecule has 0 aliphatic carbocycles. The van der Waals surface area contributed by atoms with Crippen LogP contribution in [0.1, 0.15) is 18.9 Å². The molecule has 0 spiro atoms. The van der Waals surface area contributed by atoms with Gasteiger partial charge in [0.1, 0.15) is 0 Å². The zero-order chi connectivity index (χ0) is 14.3. The molecule has 19 heavy (non-hydrogen) atoms. The van der Waals surface area contributed by atoms with Gasteiger partial charge in [0.05, 0.1) is 20.1 Å². The van der Waals surface area contributed by atoms with E-state index < -0.39 is 5.97 Å². The first-order valence-corrected chi connectivity index (χ1v) is 6.00. The van der Waals surface area contributed by atoms with Crippen molar-refractivity contribution in [2.75, 3.05) is 14.2 Å². The third-order valence-corrected chi connectivity index (χ3v) is 2.72. The van der Waals surface area contributed by atoms with Crippen LogP contribution in [0.4, 0.5) is 0 Å². The van der Waals surface area contributed by atoms with E-state index in [9.17, 15) is 9.59 Å². The summed E-state index contributed by atoms with van der Waals surface area (Å²) in [6.45, 7) is 1.72. The Balaban J connectivity index is 2.93. The van der Waals surface area contributed by atoms with Gasteiger partial charge >= 0.3 is 11.9 Å². The third kappa shape index (κ3) is 4.58. The van der Waals surface area contributed by atoms with E-state index in [4.69, 9.17) is 4.74 Å². The molecule has 1 unspecified atom stereocenters. The van der Waals surface area contributed by atoms with E-state index in [1.165, 1.54) is 14.2 Å². The molecule has 0 aromatic heterocycles. The highest BCUT2D eigenvalue weighted by Gasteiger charge is 2.19. The molecule has 0 aliphatic rings. The maximum absolute atomic E-state index is 11.7. The van der Waals surface area contributed by atoms with E-state index in [2.05, 4.69) is 4.74 Å². The lowest BCUT2D eigenvalue weighted by atomic mass is 9.99. The lowest BCUT2D eigenvalue weighted by Gasteiger charge is -2.11. The SMILES string of the molecule is COC(=O)/C(=C/c1ccccc1)CC(C)C(=O)OC. The number of rotatable bonds is 5. The molecule has 0 fully saturated rings. The smallest absolute Gasteiger partial charge is 0.333 e. The minimum absolute atomic E-state index is 0.286. The molecule has 1 aromatic rings. The topological polar surface area (TPSA) is 52.6 Å². The molecule has 1 atom stereocenters. The van der Waals surface area contributed by atoms with E-state index in [0.29, 0.717) is 5.57 Å². The molecule has 4 nitrogen and oxygen atoms in total. The molecule has 0 radical (unpaired) electrons. The number of ether oxygens (including phenoxy) is 2. The van der Waals surface area contributed by atoms with Crippen molar-refractivity contribution in [2.45, 2.75) is 13.3 Å². The molecular formula is C15H18O4. The van der Waals surface area contributed by atoms with Crippen molar-refractivity contribution in [1.82, 2.24) is 0 Å². The standard InChI is InChI=1S/C15H18O4/c1-11(14(16)18-2)9-13(15(17)19-3)10-12-7-5-4-6-8-12/h4-8,10-11H,9H2,1-3H3/b13-10+. The van der Waals surface area contributed by atoms with Crippen LogP contribution >= 0.6 is 0 Å². The molecule has 0 saturated carbocycles. The second-order valence-electron chi connectivity index (χ2n) is 4.20. The molecule has 0 aliphatic heterocycles. The molecule has 0 heterocycles. The van der Waals surface area contributed by atoms with Crippen LogP contribution in [0.25, 0.3) is 6.08 Å². The second-order valence-corrected chi connectivity index (χ2v) is 4.20. The summed E-state index contributed by atoms with van der Waals surface area (Å²) in [4.78, 5) is 23.1. The van der Waals surface area contributed by atoms with E-state index in [0.717, 1.165) is 5.56 Å². The summed E-state index contributed by atoms with van der Waals surface area (Å²) in [7, 11) is 2.65. The van der Waals surface area contributed by atoms with Gasteiger partial charge in [-0.15, -0.1) is 0 Å². The van der Waals surface area contributed by atoms with Gasteiger partial charge in [-0.25, -0.2) is 4.79 Å². The highest BCUT2D eigenvalue weighted by atomic mass is 16.5. The van der Waals surface area contributed by atoms with Crippen LogP contribution < -0.4 is 0 Å². The van der Waals surface area contributed by atoms with Crippen LogP contribution in [-0.4, -0.2) is 26.2 Å². The Hall–Kier alpha value is -2.10. The van der Waals surface area contributed by atoms with Crippen LogP contribution in [0.2, 0.25) is 0 Å². The number of carbonyl (C=O) groups excluding carboxylic acids is 2. The largest absolute Gasteiger partial charge is 0.469 e. The van der Waals surface area contributed by atoms with Gasteiger partial charge in [0.2, 0.25) is 0 Å². The van der Waals surface area contributed by atoms with Gasteiger partial charge in [-0.3, -0.25) is 4.79 Å². The predicted molar refractivity (Wildman–Crippen MR) is 72.2 cm³/mol. The molecule has 0 amide bonds. The van der Waals surface area contributed by atoms with Gasteiger partial charge in [0, 0.05) is 5.57 Å². The van der Waals surface area contributed by atoms with Gasteiger partial charge in [-0.1, -0.05) is 37.3 Å². The van der Waals surface area contributed by atoms with Gasteiger partial charge < -0.3 is 9.47 Å². The Morgan fingerprint density at radius 2 is 1.79 bits per heavy atom. The monoisotopic (exact) mass is 262 g/mol. The van der Waals surface area contributed by atoms with E-state index in [1.807, 2.05) is 30.3 Å². The molecule has 0 saturated heterocycles. The maximum atomic E-state index is 11.7. The quantitative estimate of drug-likeness (QED) is 0.604. The highest BCUT2D eigenvalue weighted by Crippen LogP contribution is 2.17. The van der Waals surface area contributed by atoms with E-state index in [-0.39, 0.29) is 18.3 Å². The molecule has 0 bridgehead atoms. The average molecular weight is 262 g/mol. The third-order valence-electron chi connectivity index (χ3n) is 2.72. The fourth-order valence-corrected chi connectivity index (χ4v) is 1.70. The van der Waals surface area contributed by atoms with Gasteiger partial charge in [0.15, 0.2) is 0 Å². The lowest BCUT2D eigenvalue weighted by molar-refractivity contribution is -0.144. The summed E-state index contributed by atoms with van der Waals surface area (Å²) in [5.41, 5.74) is 1.34. The Labute approximate surface area is 113 Å². The van der Waals surface area contributed by atoms with Crippen molar-refractivity contribution >= 4 is 18.0 Å². The highest BCUT2D eigenvalue weighted by molar-refractivity contribution is 5.94. The van der Waals surface area contributed by atoms with Crippen molar-refractivity contribution in [3.05, 3.63) is 41.5 Å². The van der Waals surface area contributed by atoms with Crippen LogP contribution in [0, 0.1) is 5.92 Å². The first-order chi connectivity index (χ1) is 9.08.